The zero-order valence-corrected chi connectivity index (χ0v) is 47.1. The standard InChI is InChI=1S/C35H45N3O7.C25H29N3O5/c1-10-22-23-15-21(45-29(39)14-19(3)4)12-13-27(23)37-30-24(22)17-38-28(30)16-26(35(43,11-2)32(41)36-20(5)6)25(31(38)40)18-44-33(42)34(7,8)9;1-5-15-16-9-14(30)7-8-20(16)27-22-17(15)11-28-21(22)10-19(18(12-29)23(28)31)25(33,6-2)24(32)26-13(3)4/h12-13,15-16,19-20,43H,10-11,14,17-18H2,1-9H3,(H,36,41);7-10,13,29-30,33H,5-6,11-12H2,1-4H3,(H,26,32)/t35-;25-/m00/s1. The van der Waals surface area contributed by atoms with Gasteiger partial charge < -0.3 is 49.7 Å². The number of amides is 2. The normalized spacial score (nSPS) is 14.0. The molecule has 0 bridgehead atoms. The van der Waals surface area contributed by atoms with Crippen molar-refractivity contribution in [1.82, 2.24) is 29.7 Å². The Bertz CT molecular complexity index is 3500. The molecule has 6 aromatic rings. The van der Waals surface area contributed by atoms with Gasteiger partial charge in [-0.2, -0.15) is 0 Å². The monoisotopic (exact) mass is 1070 g/mol. The lowest BCUT2D eigenvalue weighted by molar-refractivity contribution is -0.154. The van der Waals surface area contributed by atoms with Crippen molar-refractivity contribution in [3.05, 3.63) is 114 Å². The number of esters is 2. The Morgan fingerprint density at radius 2 is 1.13 bits per heavy atom. The summed E-state index contributed by atoms with van der Waals surface area (Å²) >= 11 is 0. The van der Waals surface area contributed by atoms with Gasteiger partial charge in [0, 0.05) is 57.1 Å². The minimum Gasteiger partial charge on any atom is -0.508 e. The summed E-state index contributed by atoms with van der Waals surface area (Å²) in [6.45, 7) is 23.0. The minimum absolute atomic E-state index is 0.00457. The first-order valence-electron chi connectivity index (χ1n) is 26.9. The second-order valence-corrected chi connectivity index (χ2v) is 22.3. The fourth-order valence-corrected chi connectivity index (χ4v) is 10.3. The van der Waals surface area contributed by atoms with E-state index in [1.54, 1.807) is 115 Å². The number of carbonyl (C=O) groups is 4. The van der Waals surface area contributed by atoms with E-state index >= 15 is 0 Å². The lowest BCUT2D eigenvalue weighted by Crippen LogP contribution is -2.48. The molecule has 416 valence electrons. The van der Waals surface area contributed by atoms with Gasteiger partial charge in [0.05, 0.1) is 64.5 Å². The van der Waals surface area contributed by atoms with E-state index in [-0.39, 0.29) is 77.9 Å². The number of hydrogen-bond donors (Lipinski definition) is 6. The van der Waals surface area contributed by atoms with Crippen molar-refractivity contribution >= 4 is 45.6 Å². The fraction of sp³-hybridized carbons (Fsp3) is 0.467. The van der Waals surface area contributed by atoms with Gasteiger partial charge in [-0.1, -0.05) is 41.5 Å². The first kappa shape index (κ1) is 58.4. The Morgan fingerprint density at radius 3 is 1.56 bits per heavy atom. The Balaban J connectivity index is 0.000000237. The average Bonchev–Trinajstić information content (AvgIpc) is 4.08. The van der Waals surface area contributed by atoms with Crippen LogP contribution in [0.4, 0.5) is 0 Å². The summed E-state index contributed by atoms with van der Waals surface area (Å²) in [5, 5.41) is 50.4. The van der Waals surface area contributed by atoms with Crippen LogP contribution in [0.1, 0.15) is 154 Å². The molecular weight excluding hydrogens is 997 g/mol. The molecule has 6 heterocycles. The van der Waals surface area contributed by atoms with Crippen LogP contribution in [0.3, 0.4) is 0 Å². The van der Waals surface area contributed by atoms with Crippen LogP contribution in [0.5, 0.6) is 11.5 Å². The summed E-state index contributed by atoms with van der Waals surface area (Å²) in [6, 6.07) is 13.0. The van der Waals surface area contributed by atoms with E-state index in [1.807, 2.05) is 27.7 Å². The second kappa shape index (κ2) is 22.6. The number of fused-ring (bicyclic) bond motifs is 8. The lowest BCUT2D eigenvalue weighted by Gasteiger charge is -2.30. The molecule has 0 radical (unpaired) electrons. The maximum atomic E-state index is 14.2. The quantitative estimate of drug-likeness (QED) is 0.0406. The Kier molecular flexibility index (Phi) is 16.9. The van der Waals surface area contributed by atoms with Gasteiger partial charge in [0.2, 0.25) is 0 Å². The predicted molar refractivity (Wildman–Crippen MR) is 297 cm³/mol. The van der Waals surface area contributed by atoms with Crippen LogP contribution in [0.2, 0.25) is 0 Å². The molecule has 0 saturated heterocycles. The predicted octanol–water partition coefficient (Wildman–Crippen LogP) is 7.46. The molecule has 18 nitrogen and oxygen atoms in total. The van der Waals surface area contributed by atoms with Gasteiger partial charge in [0.15, 0.2) is 11.2 Å². The van der Waals surface area contributed by atoms with Crippen LogP contribution in [0, 0.1) is 11.3 Å². The van der Waals surface area contributed by atoms with Gasteiger partial charge in [0.25, 0.3) is 22.9 Å². The van der Waals surface area contributed by atoms with Crippen molar-refractivity contribution in [3.63, 3.8) is 0 Å². The number of phenols is 1. The van der Waals surface area contributed by atoms with E-state index in [4.69, 9.17) is 19.4 Å². The molecule has 0 fully saturated rings. The largest absolute Gasteiger partial charge is 0.508 e. The number of hydrogen-bond acceptors (Lipinski definition) is 14. The Morgan fingerprint density at radius 1 is 0.667 bits per heavy atom. The van der Waals surface area contributed by atoms with Gasteiger partial charge in [-0.25, -0.2) is 9.97 Å². The molecule has 4 aromatic heterocycles. The lowest BCUT2D eigenvalue weighted by atomic mass is 9.86. The van der Waals surface area contributed by atoms with E-state index in [0.29, 0.717) is 58.8 Å². The Hall–Kier alpha value is -7.28. The third-order valence-corrected chi connectivity index (χ3v) is 14.4. The number of pyridine rings is 4. The van der Waals surface area contributed by atoms with Gasteiger partial charge in [-0.3, -0.25) is 28.8 Å². The molecular formula is C60H74N6O12. The summed E-state index contributed by atoms with van der Waals surface area (Å²) in [6.07, 6.45) is 1.59. The number of aliphatic hydroxyl groups excluding tert-OH is 1. The van der Waals surface area contributed by atoms with Crippen molar-refractivity contribution in [3.8, 4) is 34.3 Å². The summed E-state index contributed by atoms with van der Waals surface area (Å²) < 4.78 is 14.3. The van der Waals surface area contributed by atoms with Crippen molar-refractivity contribution in [2.24, 2.45) is 11.3 Å². The number of carbonyl (C=O) groups excluding carboxylic acids is 4. The molecule has 2 aliphatic heterocycles. The van der Waals surface area contributed by atoms with Gasteiger partial charge in [0.1, 0.15) is 18.1 Å². The smallest absolute Gasteiger partial charge is 0.311 e. The zero-order valence-electron chi connectivity index (χ0n) is 47.1. The number of aromatic nitrogens is 4. The summed E-state index contributed by atoms with van der Waals surface area (Å²) in [7, 11) is 0. The number of aliphatic hydroxyl groups is 3. The van der Waals surface area contributed by atoms with Gasteiger partial charge >= 0.3 is 11.9 Å². The highest BCUT2D eigenvalue weighted by Gasteiger charge is 2.43. The van der Waals surface area contributed by atoms with Crippen molar-refractivity contribution in [2.45, 2.75) is 172 Å². The van der Waals surface area contributed by atoms with Crippen molar-refractivity contribution < 1.29 is 49.1 Å². The third-order valence-electron chi connectivity index (χ3n) is 14.4. The Labute approximate surface area is 453 Å². The van der Waals surface area contributed by atoms with Crippen LogP contribution in [0.15, 0.2) is 58.1 Å². The molecule has 2 aliphatic rings. The molecule has 0 saturated carbocycles. The second-order valence-electron chi connectivity index (χ2n) is 22.3. The van der Waals surface area contributed by atoms with E-state index in [9.17, 15) is 49.2 Å². The first-order valence-corrected chi connectivity index (χ1v) is 26.9. The SMILES string of the molecule is CCc1c2c(nc3ccc(O)cc13)-c1cc([C@@](O)(CC)C(=O)NC(C)C)c(CO)c(=O)n1C2.CCc1c2c(nc3ccc(OC(=O)CC(C)C)cc13)-c1cc([C@@](O)(CC)C(=O)NC(C)C)c(COC(=O)C(C)(C)C)c(=O)n1C2. The number of nitrogens with one attached hydrogen (secondary N) is 2. The van der Waals surface area contributed by atoms with E-state index < -0.39 is 58.7 Å². The van der Waals surface area contributed by atoms with Crippen LogP contribution in [-0.2, 0) is 74.3 Å². The molecule has 78 heavy (non-hydrogen) atoms. The van der Waals surface area contributed by atoms with Crippen LogP contribution >= 0.6 is 0 Å². The molecule has 2 atom stereocenters. The number of aromatic hydroxyl groups is 1. The van der Waals surface area contributed by atoms with Gasteiger partial charge in [-0.15, -0.1) is 0 Å². The highest BCUT2D eigenvalue weighted by atomic mass is 16.5. The van der Waals surface area contributed by atoms with Crippen molar-refractivity contribution in [1.29, 1.82) is 0 Å². The summed E-state index contributed by atoms with van der Waals surface area (Å²) in [5.74, 6) is -1.36. The van der Waals surface area contributed by atoms with Crippen molar-refractivity contribution in [2.75, 3.05) is 0 Å². The number of phenolic OH excluding ortho intramolecular Hbond substituents is 1. The maximum absolute atomic E-state index is 14.2. The third kappa shape index (κ3) is 10.9. The molecule has 0 aliphatic carbocycles. The minimum atomic E-state index is -2.07. The number of nitrogens with zero attached hydrogens (tertiary/aromatic N) is 4. The molecule has 0 spiro atoms. The zero-order chi connectivity index (χ0) is 57.5. The van der Waals surface area contributed by atoms with E-state index in [0.717, 1.165) is 33.0 Å². The molecule has 0 unspecified atom stereocenters. The molecule has 18 heteroatoms. The maximum Gasteiger partial charge on any atom is 0.311 e. The summed E-state index contributed by atoms with van der Waals surface area (Å²) in [4.78, 5) is 88.8. The number of rotatable bonds is 16. The van der Waals surface area contributed by atoms with Crippen LogP contribution in [-0.4, -0.2) is 75.4 Å². The van der Waals surface area contributed by atoms with Crippen LogP contribution in [0.25, 0.3) is 44.6 Å². The number of aryl methyl sites for hydroxylation is 2. The summed E-state index contributed by atoms with van der Waals surface area (Å²) in [5.41, 5.74) is 1.52. The highest BCUT2D eigenvalue weighted by molar-refractivity contribution is 5.92. The molecule has 2 aromatic carbocycles. The highest BCUT2D eigenvalue weighted by Crippen LogP contribution is 2.42. The van der Waals surface area contributed by atoms with Gasteiger partial charge in [-0.05, 0) is 140 Å². The fourth-order valence-electron chi connectivity index (χ4n) is 10.3. The average molecular weight is 1070 g/mol. The first-order chi connectivity index (χ1) is 36.7. The molecule has 2 amide bonds. The number of benzene rings is 2. The van der Waals surface area contributed by atoms with E-state index in [1.165, 1.54) is 4.57 Å². The number of ether oxygens (including phenoxy) is 2. The molecule has 6 N–H and O–H groups in total. The topological polar surface area (TPSA) is 262 Å². The molecule has 8 rings (SSSR count). The van der Waals surface area contributed by atoms with E-state index in [2.05, 4.69) is 10.6 Å². The van der Waals surface area contributed by atoms with Crippen LogP contribution < -0.4 is 26.5 Å².